The molecule has 0 fully saturated rings. The van der Waals surface area contributed by atoms with Crippen LogP contribution in [0, 0.1) is 15.9 Å². The van der Waals surface area contributed by atoms with Crippen LogP contribution >= 0.6 is 0 Å². The van der Waals surface area contributed by atoms with Gasteiger partial charge in [-0.1, -0.05) is 0 Å². The Balaban J connectivity index is 2.40. The van der Waals surface area contributed by atoms with E-state index in [2.05, 4.69) is 20.6 Å². The summed E-state index contributed by atoms with van der Waals surface area (Å²) in [5, 5.41) is 24.7. The van der Waals surface area contributed by atoms with Crippen LogP contribution in [0.25, 0.3) is 0 Å². The number of aliphatic hydroxyl groups is 1. The van der Waals surface area contributed by atoms with Crippen LogP contribution in [0.3, 0.4) is 0 Å². The van der Waals surface area contributed by atoms with E-state index in [9.17, 15) is 27.7 Å². The SMILES string of the molecule is C[C@@H](CO)Nc1nc(Nc2ccc(F)c([N+](=O)[O-])c2)cc(C(F)(F)F)n1. The molecule has 1 atom stereocenters. The first-order valence-electron chi connectivity index (χ1n) is 7.14. The van der Waals surface area contributed by atoms with Crippen molar-refractivity contribution in [3.05, 3.63) is 45.9 Å². The molecule has 1 heterocycles. The Labute approximate surface area is 144 Å². The summed E-state index contributed by atoms with van der Waals surface area (Å²) in [6, 6.07) is 2.73. The highest BCUT2D eigenvalue weighted by atomic mass is 19.4. The molecule has 140 valence electrons. The Morgan fingerprint density at radius 2 is 2.00 bits per heavy atom. The minimum Gasteiger partial charge on any atom is -0.394 e. The molecule has 0 aliphatic carbocycles. The van der Waals surface area contributed by atoms with Crippen molar-refractivity contribution in [1.82, 2.24) is 9.97 Å². The van der Waals surface area contributed by atoms with Gasteiger partial charge in [0.25, 0.3) is 0 Å². The second kappa shape index (κ2) is 7.47. The highest BCUT2D eigenvalue weighted by Gasteiger charge is 2.34. The second-order valence-corrected chi connectivity index (χ2v) is 5.24. The fraction of sp³-hybridized carbons (Fsp3) is 0.286. The molecule has 3 N–H and O–H groups in total. The Bertz CT molecular complexity index is 816. The van der Waals surface area contributed by atoms with Gasteiger partial charge < -0.3 is 15.7 Å². The lowest BCUT2D eigenvalue weighted by Gasteiger charge is -2.15. The van der Waals surface area contributed by atoms with Gasteiger partial charge in [-0.15, -0.1) is 0 Å². The van der Waals surface area contributed by atoms with Crippen molar-refractivity contribution < 1.29 is 27.6 Å². The number of nitro benzene ring substituents is 1. The summed E-state index contributed by atoms with van der Waals surface area (Å²) in [4.78, 5) is 16.9. The first-order valence-corrected chi connectivity index (χ1v) is 7.14. The van der Waals surface area contributed by atoms with Crippen molar-refractivity contribution in [2.24, 2.45) is 0 Å². The molecule has 8 nitrogen and oxygen atoms in total. The summed E-state index contributed by atoms with van der Waals surface area (Å²) in [5.41, 5.74) is -2.14. The minimum absolute atomic E-state index is 0.0360. The van der Waals surface area contributed by atoms with E-state index >= 15 is 0 Å². The van der Waals surface area contributed by atoms with E-state index in [0.29, 0.717) is 6.07 Å². The topological polar surface area (TPSA) is 113 Å². The number of nitrogens with one attached hydrogen (secondary N) is 2. The zero-order valence-electron chi connectivity index (χ0n) is 13.2. The maximum Gasteiger partial charge on any atom is 0.433 e. The van der Waals surface area contributed by atoms with Gasteiger partial charge in [-0.25, -0.2) is 4.98 Å². The average molecular weight is 375 g/mol. The van der Waals surface area contributed by atoms with E-state index in [0.717, 1.165) is 18.2 Å². The summed E-state index contributed by atoms with van der Waals surface area (Å²) in [6.07, 6.45) is -4.77. The van der Waals surface area contributed by atoms with Crippen molar-refractivity contribution >= 4 is 23.1 Å². The van der Waals surface area contributed by atoms with Crippen LogP contribution < -0.4 is 10.6 Å². The molecule has 12 heteroatoms. The lowest BCUT2D eigenvalue weighted by Crippen LogP contribution is -2.22. The zero-order valence-corrected chi connectivity index (χ0v) is 13.2. The van der Waals surface area contributed by atoms with Crippen LogP contribution in [0.2, 0.25) is 0 Å². The fourth-order valence-electron chi connectivity index (χ4n) is 1.87. The van der Waals surface area contributed by atoms with Crippen molar-refractivity contribution in [2.45, 2.75) is 19.1 Å². The Kier molecular flexibility index (Phi) is 5.55. The molecule has 1 aromatic carbocycles. The molecule has 1 aromatic heterocycles. The number of aromatic nitrogens is 2. The number of halogens is 4. The summed E-state index contributed by atoms with van der Waals surface area (Å²) in [6.45, 7) is 1.13. The Hall–Kier alpha value is -3.02. The number of rotatable bonds is 6. The number of alkyl halides is 3. The van der Waals surface area contributed by atoms with Gasteiger partial charge in [0.2, 0.25) is 11.8 Å². The predicted molar refractivity (Wildman–Crippen MR) is 83.5 cm³/mol. The van der Waals surface area contributed by atoms with E-state index in [4.69, 9.17) is 5.11 Å². The zero-order chi connectivity index (χ0) is 19.5. The van der Waals surface area contributed by atoms with Crippen LogP contribution in [0.5, 0.6) is 0 Å². The molecule has 0 radical (unpaired) electrons. The molecule has 0 spiro atoms. The van der Waals surface area contributed by atoms with E-state index < -0.39 is 40.3 Å². The second-order valence-electron chi connectivity index (χ2n) is 5.24. The van der Waals surface area contributed by atoms with E-state index in [1.165, 1.54) is 6.92 Å². The fourth-order valence-corrected chi connectivity index (χ4v) is 1.87. The third kappa shape index (κ3) is 4.75. The van der Waals surface area contributed by atoms with Gasteiger partial charge in [0, 0.05) is 23.9 Å². The molecule has 0 unspecified atom stereocenters. The summed E-state index contributed by atoms with van der Waals surface area (Å²) in [5.74, 6) is -1.81. The molecule has 0 amide bonds. The molecule has 0 saturated heterocycles. The smallest absolute Gasteiger partial charge is 0.394 e. The van der Waals surface area contributed by atoms with Gasteiger partial charge in [-0.3, -0.25) is 10.1 Å². The average Bonchev–Trinajstić information content (AvgIpc) is 2.55. The van der Waals surface area contributed by atoms with Crippen LogP contribution in [0.4, 0.5) is 40.7 Å². The first kappa shape index (κ1) is 19.3. The molecule has 2 aromatic rings. The molecule has 0 aliphatic heterocycles. The number of hydrogen-bond acceptors (Lipinski definition) is 7. The summed E-state index contributed by atoms with van der Waals surface area (Å²) < 4.78 is 52.3. The summed E-state index contributed by atoms with van der Waals surface area (Å²) >= 11 is 0. The van der Waals surface area contributed by atoms with Crippen molar-refractivity contribution in [2.75, 3.05) is 17.2 Å². The number of hydrogen-bond donors (Lipinski definition) is 3. The molecule has 0 saturated carbocycles. The van der Waals surface area contributed by atoms with Crippen molar-refractivity contribution in [1.29, 1.82) is 0 Å². The molecule has 26 heavy (non-hydrogen) atoms. The maximum absolute atomic E-state index is 13.3. The van der Waals surface area contributed by atoms with Crippen molar-refractivity contribution in [3.8, 4) is 0 Å². The van der Waals surface area contributed by atoms with Gasteiger partial charge in [0.15, 0.2) is 5.69 Å². The van der Waals surface area contributed by atoms with E-state index in [-0.39, 0.29) is 18.1 Å². The lowest BCUT2D eigenvalue weighted by molar-refractivity contribution is -0.387. The molecule has 2 rings (SSSR count). The largest absolute Gasteiger partial charge is 0.433 e. The normalized spacial score (nSPS) is 12.5. The highest BCUT2D eigenvalue weighted by Crippen LogP contribution is 2.31. The molecule has 0 bridgehead atoms. The van der Waals surface area contributed by atoms with Gasteiger partial charge in [-0.05, 0) is 19.1 Å². The highest BCUT2D eigenvalue weighted by molar-refractivity contribution is 5.61. The number of anilines is 3. The lowest BCUT2D eigenvalue weighted by atomic mass is 10.2. The molecular formula is C14H13F4N5O3. The standard InChI is InChI=1S/C14H13F4N5O3/c1-7(6-24)19-13-21-11(14(16,17)18)5-12(22-13)20-8-2-3-9(15)10(4-8)23(25)26/h2-5,7,24H,6H2,1H3,(H2,19,20,21,22)/t7-/m0/s1. The molecule has 0 aliphatic rings. The van der Waals surface area contributed by atoms with Crippen LogP contribution in [-0.2, 0) is 6.18 Å². The van der Waals surface area contributed by atoms with Crippen LogP contribution in [-0.4, -0.2) is 32.6 Å². The Morgan fingerprint density at radius 3 is 2.58 bits per heavy atom. The minimum atomic E-state index is -4.77. The van der Waals surface area contributed by atoms with E-state index in [1.807, 2.05) is 0 Å². The first-order chi connectivity index (χ1) is 12.1. The van der Waals surface area contributed by atoms with Crippen LogP contribution in [0.1, 0.15) is 12.6 Å². The van der Waals surface area contributed by atoms with Gasteiger partial charge in [0.05, 0.1) is 11.5 Å². The van der Waals surface area contributed by atoms with E-state index in [1.54, 1.807) is 0 Å². The molecular weight excluding hydrogens is 362 g/mol. The summed E-state index contributed by atoms with van der Waals surface area (Å²) in [7, 11) is 0. The number of nitrogens with zero attached hydrogens (tertiary/aromatic N) is 3. The van der Waals surface area contributed by atoms with Gasteiger partial charge in [-0.2, -0.15) is 22.5 Å². The third-order valence-corrected chi connectivity index (χ3v) is 3.08. The quantitative estimate of drug-likeness (QED) is 0.404. The van der Waals surface area contributed by atoms with Crippen LogP contribution in [0.15, 0.2) is 24.3 Å². The third-order valence-electron chi connectivity index (χ3n) is 3.08. The van der Waals surface area contributed by atoms with Gasteiger partial charge >= 0.3 is 11.9 Å². The number of benzene rings is 1. The van der Waals surface area contributed by atoms with Gasteiger partial charge in [0.1, 0.15) is 5.82 Å². The predicted octanol–water partition coefficient (Wildman–Crippen LogP) is 3.08. The monoisotopic (exact) mass is 375 g/mol. The van der Waals surface area contributed by atoms with Crippen molar-refractivity contribution in [3.63, 3.8) is 0 Å². The Morgan fingerprint density at radius 1 is 1.31 bits per heavy atom. The maximum atomic E-state index is 13.3. The number of nitro groups is 1. The number of aliphatic hydroxyl groups excluding tert-OH is 1.